The lowest BCUT2D eigenvalue weighted by Gasteiger charge is -2.15. The van der Waals surface area contributed by atoms with Crippen molar-refractivity contribution < 1.29 is 9.53 Å². The van der Waals surface area contributed by atoms with Gasteiger partial charge < -0.3 is 9.64 Å². The van der Waals surface area contributed by atoms with Crippen LogP contribution in [0.5, 0.6) is 5.75 Å². The second-order valence-corrected chi connectivity index (χ2v) is 7.07. The molecule has 0 atom stereocenters. The summed E-state index contributed by atoms with van der Waals surface area (Å²) in [6, 6.07) is 5.49. The zero-order chi connectivity index (χ0) is 18.2. The molecule has 1 heterocycles. The Labute approximate surface area is 157 Å². The lowest BCUT2D eigenvalue weighted by molar-refractivity contribution is -0.127. The Morgan fingerprint density at radius 1 is 1.44 bits per heavy atom. The fourth-order valence-corrected chi connectivity index (χ4v) is 2.90. The lowest BCUT2D eigenvalue weighted by Crippen LogP contribution is -2.29. The zero-order valence-electron chi connectivity index (χ0n) is 14.7. The molecule has 0 unspecified atom stereocenters. The molecule has 0 spiro atoms. The van der Waals surface area contributed by atoms with Gasteiger partial charge in [0.05, 0.1) is 5.75 Å². The minimum atomic E-state index is 0.0812. The van der Waals surface area contributed by atoms with E-state index >= 15 is 0 Å². The molecule has 2 aromatic rings. The SMILES string of the molecule is CCCCN(C)C(=O)CSc1n[nH]c(COc2ccc(Cl)c(C)c2)n1. The summed E-state index contributed by atoms with van der Waals surface area (Å²) in [5.74, 6) is 1.74. The quantitative estimate of drug-likeness (QED) is 0.669. The lowest BCUT2D eigenvalue weighted by atomic mass is 10.2. The first-order valence-electron chi connectivity index (χ1n) is 8.16. The average Bonchev–Trinajstić information content (AvgIpc) is 3.06. The number of ether oxygens (including phenoxy) is 1. The van der Waals surface area contributed by atoms with Crippen molar-refractivity contribution in [3.05, 3.63) is 34.6 Å². The number of carbonyl (C=O) groups is 1. The number of aromatic nitrogens is 3. The summed E-state index contributed by atoms with van der Waals surface area (Å²) < 4.78 is 5.67. The van der Waals surface area contributed by atoms with E-state index in [0.717, 1.165) is 30.7 Å². The number of hydrogen-bond acceptors (Lipinski definition) is 5. The number of hydrogen-bond donors (Lipinski definition) is 1. The third-order valence-corrected chi connectivity index (χ3v) is 4.87. The highest BCUT2D eigenvalue weighted by atomic mass is 35.5. The summed E-state index contributed by atoms with van der Waals surface area (Å²) in [6.45, 7) is 5.09. The van der Waals surface area contributed by atoms with Crippen molar-refractivity contribution in [1.82, 2.24) is 20.1 Å². The van der Waals surface area contributed by atoms with Crippen LogP contribution in [0.25, 0.3) is 0 Å². The van der Waals surface area contributed by atoms with Gasteiger partial charge in [-0.2, -0.15) is 0 Å². The van der Waals surface area contributed by atoms with E-state index in [2.05, 4.69) is 22.1 Å². The largest absolute Gasteiger partial charge is 0.486 e. The van der Waals surface area contributed by atoms with Crippen LogP contribution in [0, 0.1) is 6.92 Å². The van der Waals surface area contributed by atoms with Gasteiger partial charge >= 0.3 is 0 Å². The van der Waals surface area contributed by atoms with Crippen molar-refractivity contribution in [3.63, 3.8) is 0 Å². The Kier molecular flexibility index (Phi) is 7.58. The van der Waals surface area contributed by atoms with Crippen LogP contribution in [0.4, 0.5) is 0 Å². The standard InChI is InChI=1S/C17H23ClN4O2S/c1-4-5-8-22(3)16(23)11-25-17-19-15(20-21-17)10-24-13-6-7-14(18)12(2)9-13/h6-7,9H,4-5,8,10-11H2,1-3H3,(H,19,20,21). The number of aryl methyl sites for hydroxylation is 1. The van der Waals surface area contributed by atoms with Crippen molar-refractivity contribution >= 4 is 29.3 Å². The maximum Gasteiger partial charge on any atom is 0.232 e. The molecular weight excluding hydrogens is 360 g/mol. The van der Waals surface area contributed by atoms with E-state index in [9.17, 15) is 4.79 Å². The van der Waals surface area contributed by atoms with E-state index in [1.54, 1.807) is 11.0 Å². The first-order valence-corrected chi connectivity index (χ1v) is 9.53. The van der Waals surface area contributed by atoms with Crippen LogP contribution in [0.2, 0.25) is 5.02 Å². The molecule has 0 aliphatic rings. The van der Waals surface area contributed by atoms with Gasteiger partial charge in [-0.1, -0.05) is 36.7 Å². The third kappa shape index (κ3) is 6.25. The zero-order valence-corrected chi connectivity index (χ0v) is 16.3. The van der Waals surface area contributed by atoms with Crippen molar-refractivity contribution in [1.29, 1.82) is 0 Å². The molecule has 0 bridgehead atoms. The molecule has 2 rings (SSSR count). The number of aromatic amines is 1. The summed E-state index contributed by atoms with van der Waals surface area (Å²) in [4.78, 5) is 18.1. The van der Waals surface area contributed by atoms with Gasteiger partial charge in [-0.15, -0.1) is 5.10 Å². The van der Waals surface area contributed by atoms with Crippen LogP contribution in [0.15, 0.2) is 23.4 Å². The number of amides is 1. The minimum Gasteiger partial charge on any atom is -0.486 e. The van der Waals surface area contributed by atoms with Crippen molar-refractivity contribution in [2.75, 3.05) is 19.3 Å². The first kappa shape index (κ1) is 19.6. The second-order valence-electron chi connectivity index (χ2n) is 5.72. The number of thioether (sulfide) groups is 1. The first-order chi connectivity index (χ1) is 12.0. The molecule has 1 aromatic carbocycles. The molecule has 0 radical (unpaired) electrons. The number of rotatable bonds is 9. The normalized spacial score (nSPS) is 10.7. The number of nitrogens with zero attached hydrogens (tertiary/aromatic N) is 3. The molecule has 1 N–H and O–H groups in total. The van der Waals surface area contributed by atoms with Crippen LogP contribution in [0.1, 0.15) is 31.2 Å². The topological polar surface area (TPSA) is 71.1 Å². The van der Waals surface area contributed by atoms with E-state index in [0.29, 0.717) is 21.8 Å². The molecule has 25 heavy (non-hydrogen) atoms. The molecular formula is C17H23ClN4O2S. The van der Waals surface area contributed by atoms with E-state index < -0.39 is 0 Å². The molecule has 1 aromatic heterocycles. The fraction of sp³-hybridized carbons (Fsp3) is 0.471. The molecule has 0 aliphatic heterocycles. The summed E-state index contributed by atoms with van der Waals surface area (Å²) >= 11 is 7.31. The number of benzene rings is 1. The number of nitrogens with one attached hydrogen (secondary N) is 1. The summed E-state index contributed by atoms with van der Waals surface area (Å²) in [5.41, 5.74) is 0.957. The number of carbonyl (C=O) groups excluding carboxylic acids is 1. The maximum atomic E-state index is 12.0. The monoisotopic (exact) mass is 382 g/mol. The Morgan fingerprint density at radius 2 is 2.24 bits per heavy atom. The smallest absolute Gasteiger partial charge is 0.232 e. The van der Waals surface area contributed by atoms with Crippen LogP contribution in [-0.2, 0) is 11.4 Å². The van der Waals surface area contributed by atoms with Gasteiger partial charge in [0.25, 0.3) is 0 Å². The summed E-state index contributed by atoms with van der Waals surface area (Å²) in [5, 5.41) is 8.19. The van der Waals surface area contributed by atoms with Gasteiger partial charge in [0.1, 0.15) is 12.4 Å². The summed E-state index contributed by atoms with van der Waals surface area (Å²) in [7, 11) is 1.82. The predicted molar refractivity (Wildman–Crippen MR) is 100 cm³/mol. The second kappa shape index (κ2) is 9.68. The molecule has 6 nitrogen and oxygen atoms in total. The predicted octanol–water partition coefficient (Wildman–Crippen LogP) is 3.70. The van der Waals surface area contributed by atoms with Gasteiger partial charge in [0.15, 0.2) is 5.82 Å². The van der Waals surface area contributed by atoms with Gasteiger partial charge in [-0.3, -0.25) is 9.89 Å². The van der Waals surface area contributed by atoms with Crippen LogP contribution in [-0.4, -0.2) is 45.3 Å². The summed E-state index contributed by atoms with van der Waals surface area (Å²) in [6.07, 6.45) is 2.08. The fourth-order valence-electron chi connectivity index (χ4n) is 2.02. The highest BCUT2D eigenvalue weighted by Gasteiger charge is 2.11. The Morgan fingerprint density at radius 3 is 2.96 bits per heavy atom. The van der Waals surface area contributed by atoms with E-state index in [4.69, 9.17) is 16.3 Å². The molecule has 1 amide bonds. The molecule has 0 saturated heterocycles. The molecule has 136 valence electrons. The third-order valence-electron chi connectivity index (χ3n) is 3.61. The number of halogens is 1. The van der Waals surface area contributed by atoms with Gasteiger partial charge in [-0.05, 0) is 37.1 Å². The average molecular weight is 383 g/mol. The number of H-pyrrole nitrogens is 1. The van der Waals surface area contributed by atoms with Crippen molar-refractivity contribution in [3.8, 4) is 5.75 Å². The molecule has 0 fully saturated rings. The van der Waals surface area contributed by atoms with Gasteiger partial charge in [0, 0.05) is 18.6 Å². The molecule has 0 saturated carbocycles. The van der Waals surface area contributed by atoms with Gasteiger partial charge in [-0.25, -0.2) is 4.98 Å². The Bertz CT molecular complexity index is 708. The molecule has 8 heteroatoms. The molecule has 0 aliphatic carbocycles. The van der Waals surface area contributed by atoms with Crippen molar-refractivity contribution in [2.24, 2.45) is 0 Å². The van der Waals surface area contributed by atoms with Crippen LogP contribution < -0.4 is 4.74 Å². The number of unbranched alkanes of at least 4 members (excludes halogenated alkanes) is 1. The highest BCUT2D eigenvalue weighted by molar-refractivity contribution is 7.99. The van der Waals surface area contributed by atoms with Gasteiger partial charge in [0.2, 0.25) is 11.1 Å². The van der Waals surface area contributed by atoms with E-state index in [-0.39, 0.29) is 12.5 Å². The maximum absolute atomic E-state index is 12.0. The minimum absolute atomic E-state index is 0.0812. The van der Waals surface area contributed by atoms with Crippen LogP contribution >= 0.6 is 23.4 Å². The Balaban J connectivity index is 1.79. The van der Waals surface area contributed by atoms with E-state index in [1.165, 1.54) is 11.8 Å². The van der Waals surface area contributed by atoms with E-state index in [1.807, 2.05) is 26.1 Å². The van der Waals surface area contributed by atoms with Crippen molar-refractivity contribution in [2.45, 2.75) is 38.5 Å². The Hall–Kier alpha value is -1.73. The van der Waals surface area contributed by atoms with Crippen LogP contribution in [0.3, 0.4) is 0 Å². The highest BCUT2D eigenvalue weighted by Crippen LogP contribution is 2.21.